The molecule has 0 N–H and O–H groups in total. The number of hydrogen-bond acceptors (Lipinski definition) is 3. The van der Waals surface area contributed by atoms with Gasteiger partial charge in [-0.1, -0.05) is 30.3 Å². The summed E-state index contributed by atoms with van der Waals surface area (Å²) in [6, 6.07) is 17.8. The molecule has 4 heteroatoms. The summed E-state index contributed by atoms with van der Waals surface area (Å²) in [6.45, 7) is 8.13. The zero-order valence-corrected chi connectivity index (χ0v) is 14.9. The van der Waals surface area contributed by atoms with Crippen LogP contribution in [-0.2, 0) is 4.79 Å². The summed E-state index contributed by atoms with van der Waals surface area (Å²) in [6.07, 6.45) is 1.91. The average Bonchev–Trinajstić information content (AvgIpc) is 2.93. The molecule has 4 nitrogen and oxygen atoms in total. The van der Waals surface area contributed by atoms with E-state index < -0.39 is 0 Å². The van der Waals surface area contributed by atoms with Crippen LogP contribution in [0.15, 0.2) is 65.3 Å². The van der Waals surface area contributed by atoms with Crippen LogP contribution in [0.4, 0.5) is 11.4 Å². The van der Waals surface area contributed by atoms with Crippen LogP contribution in [0.25, 0.3) is 6.08 Å². The van der Waals surface area contributed by atoms with Gasteiger partial charge in [0.05, 0.1) is 17.0 Å². The maximum Gasteiger partial charge on any atom is 0.280 e. The van der Waals surface area contributed by atoms with Crippen molar-refractivity contribution in [3.63, 3.8) is 0 Å². The molecule has 25 heavy (non-hydrogen) atoms. The number of nitrogens with zero attached hydrogens (tertiary/aromatic N) is 3. The van der Waals surface area contributed by atoms with Gasteiger partial charge in [0.15, 0.2) is 0 Å². The molecule has 0 spiro atoms. The number of benzene rings is 2. The van der Waals surface area contributed by atoms with Crippen LogP contribution in [-0.4, -0.2) is 24.7 Å². The Balaban J connectivity index is 1.84. The van der Waals surface area contributed by atoms with Crippen molar-refractivity contribution in [1.29, 1.82) is 0 Å². The second-order valence-corrected chi connectivity index (χ2v) is 5.96. The van der Waals surface area contributed by atoms with Crippen molar-refractivity contribution in [2.24, 2.45) is 5.10 Å². The van der Waals surface area contributed by atoms with E-state index in [0.717, 1.165) is 30.1 Å². The molecule has 0 unspecified atom stereocenters. The summed E-state index contributed by atoms with van der Waals surface area (Å²) in [5.41, 5.74) is 4.36. The first-order chi connectivity index (χ1) is 12.1. The van der Waals surface area contributed by atoms with Gasteiger partial charge in [0.1, 0.15) is 0 Å². The van der Waals surface area contributed by atoms with Crippen LogP contribution in [0.3, 0.4) is 0 Å². The molecule has 128 valence electrons. The van der Waals surface area contributed by atoms with Crippen LogP contribution in [0.5, 0.6) is 0 Å². The molecule has 0 radical (unpaired) electrons. The molecule has 1 amide bonds. The quantitative estimate of drug-likeness (QED) is 0.763. The molecular formula is C21H23N3O. The molecule has 1 aliphatic heterocycles. The lowest BCUT2D eigenvalue weighted by atomic mass is 10.1. The minimum atomic E-state index is -0.0866. The van der Waals surface area contributed by atoms with E-state index in [1.807, 2.05) is 55.5 Å². The summed E-state index contributed by atoms with van der Waals surface area (Å²) in [5, 5.41) is 5.88. The van der Waals surface area contributed by atoms with Crippen molar-refractivity contribution in [1.82, 2.24) is 0 Å². The predicted octanol–water partition coefficient (Wildman–Crippen LogP) is 4.34. The maximum absolute atomic E-state index is 12.7. The van der Waals surface area contributed by atoms with Crippen molar-refractivity contribution in [2.75, 3.05) is 23.0 Å². The zero-order valence-electron chi connectivity index (χ0n) is 14.9. The van der Waals surface area contributed by atoms with E-state index in [1.54, 1.807) is 0 Å². The molecule has 2 aromatic carbocycles. The third-order valence-corrected chi connectivity index (χ3v) is 4.40. The Morgan fingerprint density at radius 2 is 1.64 bits per heavy atom. The Kier molecular flexibility index (Phi) is 4.98. The van der Waals surface area contributed by atoms with Crippen molar-refractivity contribution in [3.05, 3.63) is 65.7 Å². The van der Waals surface area contributed by atoms with Gasteiger partial charge in [-0.15, -0.1) is 0 Å². The Bertz CT molecular complexity index is 803. The largest absolute Gasteiger partial charge is 0.372 e. The third kappa shape index (κ3) is 3.48. The summed E-state index contributed by atoms with van der Waals surface area (Å²) in [7, 11) is 0. The fraction of sp³-hybridized carbons (Fsp3) is 0.238. The Morgan fingerprint density at radius 1 is 1.00 bits per heavy atom. The minimum absolute atomic E-state index is 0.0866. The lowest BCUT2D eigenvalue weighted by Gasteiger charge is -2.20. The number of hydrazone groups is 1. The Hall–Kier alpha value is -2.88. The standard InChI is InChI=1S/C21H23N3O/c1-4-23(5-2)18-13-11-17(12-14-18)15-20-16(3)22-24(21(20)25)19-9-7-6-8-10-19/h6-15H,4-5H2,1-3H3/b20-15+. The molecule has 1 heterocycles. The van der Waals surface area contributed by atoms with E-state index in [0.29, 0.717) is 5.57 Å². The number of hydrogen-bond donors (Lipinski definition) is 0. The van der Waals surface area contributed by atoms with E-state index in [4.69, 9.17) is 0 Å². The van der Waals surface area contributed by atoms with Gasteiger partial charge < -0.3 is 4.90 Å². The molecule has 1 aliphatic rings. The van der Waals surface area contributed by atoms with E-state index in [1.165, 1.54) is 10.7 Å². The zero-order chi connectivity index (χ0) is 17.8. The molecular weight excluding hydrogens is 310 g/mol. The van der Waals surface area contributed by atoms with Crippen molar-refractivity contribution in [3.8, 4) is 0 Å². The highest BCUT2D eigenvalue weighted by Crippen LogP contribution is 2.25. The number of anilines is 2. The van der Waals surface area contributed by atoms with Crippen molar-refractivity contribution >= 4 is 29.1 Å². The molecule has 0 aliphatic carbocycles. The van der Waals surface area contributed by atoms with Gasteiger partial charge in [0.25, 0.3) is 5.91 Å². The second kappa shape index (κ2) is 7.34. The molecule has 0 atom stereocenters. The van der Waals surface area contributed by atoms with Crippen molar-refractivity contribution in [2.45, 2.75) is 20.8 Å². The summed E-state index contributed by atoms with van der Waals surface area (Å²) < 4.78 is 0. The first kappa shape index (κ1) is 17.0. The minimum Gasteiger partial charge on any atom is -0.372 e. The number of carbonyl (C=O) groups excluding carboxylic acids is 1. The smallest absolute Gasteiger partial charge is 0.280 e. The first-order valence-corrected chi connectivity index (χ1v) is 8.65. The van der Waals surface area contributed by atoms with Crippen LogP contribution in [0.1, 0.15) is 26.3 Å². The van der Waals surface area contributed by atoms with Gasteiger partial charge in [-0.05, 0) is 56.7 Å². The Labute approximate surface area is 149 Å². The van der Waals surface area contributed by atoms with Gasteiger partial charge in [-0.3, -0.25) is 4.79 Å². The highest BCUT2D eigenvalue weighted by Gasteiger charge is 2.28. The number of carbonyl (C=O) groups is 1. The van der Waals surface area contributed by atoms with E-state index in [9.17, 15) is 4.79 Å². The Morgan fingerprint density at radius 3 is 2.24 bits per heavy atom. The number of rotatable bonds is 5. The molecule has 0 fully saturated rings. The monoisotopic (exact) mass is 333 g/mol. The van der Waals surface area contributed by atoms with E-state index >= 15 is 0 Å². The molecule has 2 aromatic rings. The summed E-state index contributed by atoms with van der Waals surface area (Å²) >= 11 is 0. The normalized spacial score (nSPS) is 15.6. The van der Waals surface area contributed by atoms with Crippen LogP contribution < -0.4 is 9.91 Å². The molecule has 0 bridgehead atoms. The lowest BCUT2D eigenvalue weighted by molar-refractivity contribution is -0.114. The van der Waals surface area contributed by atoms with E-state index in [-0.39, 0.29) is 5.91 Å². The average molecular weight is 333 g/mol. The van der Waals surface area contributed by atoms with E-state index in [2.05, 4.69) is 36.0 Å². The third-order valence-electron chi connectivity index (χ3n) is 4.40. The second-order valence-electron chi connectivity index (χ2n) is 5.96. The SMILES string of the molecule is CCN(CC)c1ccc(/C=C2/C(=O)N(c3ccccc3)N=C2C)cc1. The van der Waals surface area contributed by atoms with Crippen LogP contribution >= 0.6 is 0 Å². The molecule has 0 aromatic heterocycles. The topological polar surface area (TPSA) is 35.9 Å². The van der Waals surface area contributed by atoms with Gasteiger partial charge in [-0.25, -0.2) is 0 Å². The van der Waals surface area contributed by atoms with Crippen LogP contribution in [0, 0.1) is 0 Å². The highest BCUT2D eigenvalue weighted by atomic mass is 16.2. The fourth-order valence-corrected chi connectivity index (χ4v) is 2.97. The van der Waals surface area contributed by atoms with Gasteiger partial charge in [0, 0.05) is 18.8 Å². The highest BCUT2D eigenvalue weighted by molar-refractivity contribution is 6.32. The molecule has 0 saturated carbocycles. The van der Waals surface area contributed by atoms with Crippen LogP contribution in [0.2, 0.25) is 0 Å². The first-order valence-electron chi connectivity index (χ1n) is 8.65. The predicted molar refractivity (Wildman–Crippen MR) is 105 cm³/mol. The van der Waals surface area contributed by atoms with Gasteiger partial charge in [0.2, 0.25) is 0 Å². The van der Waals surface area contributed by atoms with Gasteiger partial charge in [-0.2, -0.15) is 10.1 Å². The van der Waals surface area contributed by atoms with Gasteiger partial charge >= 0.3 is 0 Å². The lowest BCUT2D eigenvalue weighted by Crippen LogP contribution is -2.21. The molecule has 0 saturated heterocycles. The maximum atomic E-state index is 12.7. The van der Waals surface area contributed by atoms with Crippen molar-refractivity contribution < 1.29 is 4.79 Å². The number of para-hydroxylation sites is 1. The molecule has 3 rings (SSSR count). The summed E-state index contributed by atoms with van der Waals surface area (Å²) in [5.74, 6) is -0.0866. The summed E-state index contributed by atoms with van der Waals surface area (Å²) in [4.78, 5) is 15.0. The number of amides is 1. The fourth-order valence-electron chi connectivity index (χ4n) is 2.97.